The van der Waals surface area contributed by atoms with Gasteiger partial charge in [-0.3, -0.25) is 0 Å². The molecule has 0 aliphatic carbocycles. The third-order valence-corrected chi connectivity index (χ3v) is 115. The van der Waals surface area contributed by atoms with Gasteiger partial charge in [-0.15, -0.1) is 0 Å². The van der Waals surface area contributed by atoms with Crippen molar-refractivity contribution in [3.63, 3.8) is 0 Å². The van der Waals surface area contributed by atoms with Crippen molar-refractivity contribution in [3.05, 3.63) is 0 Å². The summed E-state index contributed by atoms with van der Waals surface area (Å²) in [6.45, 7) is 3.20. The van der Waals surface area contributed by atoms with E-state index in [0.29, 0.717) is 8.55 Å². The van der Waals surface area contributed by atoms with Gasteiger partial charge in [-0.1, -0.05) is 0 Å². The van der Waals surface area contributed by atoms with E-state index in [0.717, 1.165) is 49.4 Å². The highest BCUT2D eigenvalue weighted by atomic mass is 30.0. The molecule has 0 amide bonds. The Balaban J connectivity index is 2.69. The molecule has 0 fully saturated rings. The van der Waals surface area contributed by atoms with Crippen LogP contribution in [-0.4, -0.2) is 77.0 Å². The van der Waals surface area contributed by atoms with Crippen LogP contribution in [0.25, 0.3) is 0 Å². The summed E-state index contributed by atoms with van der Waals surface area (Å²) in [5, 5.41) is 0. The largest absolute Gasteiger partial charge is 0.428 e. The van der Waals surface area contributed by atoms with Gasteiger partial charge in [0.25, 0.3) is 0 Å². The Morgan fingerprint density at radius 3 is 2.36 bits per heavy atom. The summed E-state index contributed by atoms with van der Waals surface area (Å²) in [5.74, 6) is 0. The van der Waals surface area contributed by atoms with Gasteiger partial charge in [0.2, 0.25) is 0 Å². The molecule has 0 spiro atoms. The lowest BCUT2D eigenvalue weighted by Crippen LogP contribution is -2.29. The maximum absolute atomic E-state index is 5.54. The molecule has 0 aromatic heterocycles. The first kappa shape index (κ1) is 12.7. The van der Waals surface area contributed by atoms with Gasteiger partial charge < -0.3 is 4.43 Å². The average molecular weight is 287 g/mol. The molecule has 0 bridgehead atoms. The molecule has 0 aromatic rings. The van der Waals surface area contributed by atoms with Crippen LogP contribution in [0, 0.1) is 0 Å². The fraction of sp³-hybridized carbons (Fsp3) is 1.00. The van der Waals surface area contributed by atoms with Crippen LogP contribution in [0.15, 0.2) is 0 Å². The SMILES string of the molecule is CCO[SiH2][SiH2][SiH2][SiH2][SiH2][SiH2][SiH2][SiH3]. The minimum Gasteiger partial charge on any atom is -0.428 e. The Morgan fingerprint density at radius 2 is 1.73 bits per heavy atom. The lowest BCUT2D eigenvalue weighted by Gasteiger charge is -1.97. The van der Waals surface area contributed by atoms with Crippen LogP contribution >= 0.6 is 0 Å². The van der Waals surface area contributed by atoms with Crippen molar-refractivity contribution in [2.75, 3.05) is 6.61 Å². The third kappa shape index (κ3) is 11.7. The molecular weight excluding hydrogens is 265 g/mol. The highest BCUT2D eigenvalue weighted by Gasteiger charge is 1.93. The average Bonchev–Trinajstić information content (AvgIpc) is 2.03. The summed E-state index contributed by atoms with van der Waals surface area (Å²) in [6, 6.07) is 0. The maximum Gasteiger partial charge on any atom is 0.140 e. The van der Waals surface area contributed by atoms with Crippen molar-refractivity contribution in [3.8, 4) is 0 Å². The van der Waals surface area contributed by atoms with E-state index in [1.54, 1.807) is 9.76 Å². The number of rotatable bonds is 8. The zero-order valence-corrected chi connectivity index (χ0v) is 20.0. The number of hydrogen-bond donors (Lipinski definition) is 0. The quantitative estimate of drug-likeness (QED) is 0.318. The van der Waals surface area contributed by atoms with Crippen LogP contribution in [0.5, 0.6) is 0 Å². The third-order valence-electron chi connectivity index (χ3n) is 1.85. The monoisotopic (exact) mass is 286 g/mol. The number of hydrogen-bond acceptors (Lipinski definition) is 1. The second-order valence-corrected chi connectivity index (χ2v) is 64.0. The minimum absolute atomic E-state index is 0.170. The molecule has 0 heterocycles. The van der Waals surface area contributed by atoms with E-state index in [2.05, 4.69) is 6.92 Å². The summed E-state index contributed by atoms with van der Waals surface area (Å²) >= 11 is 0. The van der Waals surface area contributed by atoms with Crippen molar-refractivity contribution >= 4 is 70.4 Å². The Bertz CT molecular complexity index is 61.1. The van der Waals surface area contributed by atoms with Crippen molar-refractivity contribution in [2.45, 2.75) is 6.92 Å². The normalized spacial score (nSPS) is 18.3. The highest BCUT2D eigenvalue weighted by molar-refractivity contribution is 7.64. The second kappa shape index (κ2) is 11.7. The van der Waals surface area contributed by atoms with Crippen LogP contribution < -0.4 is 0 Å². The zero-order valence-electron chi connectivity index (χ0n) is 8.07. The first-order valence-corrected chi connectivity index (χ1v) is 35.2. The molecular formula is C2H22OSi8. The predicted molar refractivity (Wildman–Crippen MR) is 81.4 cm³/mol. The van der Waals surface area contributed by atoms with Gasteiger partial charge in [0.1, 0.15) is 9.28 Å². The topological polar surface area (TPSA) is 9.23 Å². The van der Waals surface area contributed by atoms with E-state index < -0.39 is 0 Å². The molecule has 0 aliphatic rings. The Kier molecular flexibility index (Phi) is 13.5. The van der Waals surface area contributed by atoms with Crippen LogP contribution in [0.3, 0.4) is 0 Å². The molecule has 9 heteroatoms. The maximum atomic E-state index is 5.54. The fourth-order valence-electron chi connectivity index (χ4n) is 1.13. The molecule has 0 aliphatic heterocycles. The van der Waals surface area contributed by atoms with Gasteiger partial charge >= 0.3 is 0 Å². The highest BCUT2D eigenvalue weighted by Crippen LogP contribution is 1.64. The lowest BCUT2D eigenvalue weighted by molar-refractivity contribution is 0.370. The zero-order chi connectivity index (χ0) is 8.36. The van der Waals surface area contributed by atoms with E-state index >= 15 is 0 Å². The fourth-order valence-corrected chi connectivity index (χ4v) is 202. The minimum atomic E-state index is 0.170. The van der Waals surface area contributed by atoms with Gasteiger partial charge in [0.15, 0.2) is 0 Å². The van der Waals surface area contributed by atoms with Gasteiger partial charge in [0.05, 0.1) is 0 Å². The molecule has 1 nitrogen and oxygen atoms in total. The van der Waals surface area contributed by atoms with Gasteiger partial charge in [-0.2, -0.15) is 0 Å². The van der Waals surface area contributed by atoms with Crippen LogP contribution in [-0.2, 0) is 4.43 Å². The summed E-state index contributed by atoms with van der Waals surface area (Å²) in [4.78, 5) is 0. The van der Waals surface area contributed by atoms with E-state index in [1.165, 1.54) is 0 Å². The summed E-state index contributed by atoms with van der Waals surface area (Å²) in [5.41, 5.74) is 0. The van der Waals surface area contributed by atoms with E-state index in [4.69, 9.17) is 4.43 Å². The Hall–Kier alpha value is 1.70. The molecule has 0 atom stereocenters. The van der Waals surface area contributed by atoms with E-state index in [1.807, 2.05) is 0 Å². The molecule has 0 saturated carbocycles. The molecule has 0 aromatic carbocycles. The molecule has 0 radical (unpaired) electrons. The smallest absolute Gasteiger partial charge is 0.140 e. The van der Waals surface area contributed by atoms with Gasteiger partial charge in [-0.05, 0) is 59.5 Å². The van der Waals surface area contributed by atoms with E-state index in [-0.39, 0.29) is 9.28 Å². The molecule has 0 unspecified atom stereocenters. The van der Waals surface area contributed by atoms with Crippen molar-refractivity contribution in [2.24, 2.45) is 0 Å². The molecule has 11 heavy (non-hydrogen) atoms. The first-order chi connectivity index (χ1) is 5.41. The molecule has 0 N–H and O–H groups in total. The van der Waals surface area contributed by atoms with Gasteiger partial charge in [0, 0.05) is 15.2 Å². The summed E-state index contributed by atoms with van der Waals surface area (Å²) in [6.07, 6.45) is 0. The van der Waals surface area contributed by atoms with Gasteiger partial charge in [-0.25, -0.2) is 0 Å². The Morgan fingerprint density at radius 1 is 1.09 bits per heavy atom. The van der Waals surface area contributed by atoms with Crippen molar-refractivity contribution in [1.29, 1.82) is 0 Å². The second-order valence-electron chi connectivity index (χ2n) is 2.96. The van der Waals surface area contributed by atoms with Crippen LogP contribution in [0.4, 0.5) is 0 Å². The Labute approximate surface area is 88.1 Å². The van der Waals surface area contributed by atoms with Crippen molar-refractivity contribution < 1.29 is 4.43 Å². The predicted octanol–water partition coefficient (Wildman–Crippen LogP) is -7.11. The van der Waals surface area contributed by atoms with Crippen LogP contribution in [0.1, 0.15) is 6.92 Å². The lowest BCUT2D eigenvalue weighted by atomic mass is 10.9. The van der Waals surface area contributed by atoms with E-state index in [9.17, 15) is 0 Å². The molecule has 0 rings (SSSR count). The summed E-state index contributed by atoms with van der Waals surface area (Å²) < 4.78 is 5.54. The summed E-state index contributed by atoms with van der Waals surface area (Å²) in [7, 11) is 6.32. The van der Waals surface area contributed by atoms with Crippen LogP contribution in [0.2, 0.25) is 0 Å². The van der Waals surface area contributed by atoms with Crippen molar-refractivity contribution in [1.82, 2.24) is 0 Å². The first-order valence-electron chi connectivity index (χ1n) is 4.99. The molecule has 68 valence electrons. The molecule has 0 saturated heterocycles. The standard InChI is InChI=1S/C2H22OSi8/c1-2-3-5-7-9-11-10-8-6-4/h2,5-11H2,1,4H3.